The summed E-state index contributed by atoms with van der Waals surface area (Å²) in [5.41, 5.74) is 0. The topological polar surface area (TPSA) is 72.5 Å². The molecule has 6 heteroatoms. The van der Waals surface area contributed by atoms with Crippen molar-refractivity contribution in [1.29, 1.82) is 0 Å². The van der Waals surface area contributed by atoms with Crippen LogP contribution in [0.15, 0.2) is 35.2 Å². The number of ether oxygens (including phenoxy) is 1. The van der Waals surface area contributed by atoms with Crippen molar-refractivity contribution in [2.45, 2.75) is 25.2 Å². The Hall–Kier alpha value is -1.40. The van der Waals surface area contributed by atoms with E-state index in [1.165, 1.54) is 19.2 Å². The van der Waals surface area contributed by atoms with E-state index in [1.54, 1.807) is 18.2 Å². The molecule has 0 aliphatic rings. The Balaban J connectivity index is 2.74. The zero-order valence-corrected chi connectivity index (χ0v) is 12.8. The molecule has 0 aliphatic heterocycles. The number of rotatable bonds is 7. The number of esters is 1. The maximum atomic E-state index is 12.1. The molecule has 1 aromatic carbocycles. The van der Waals surface area contributed by atoms with Crippen molar-refractivity contribution in [2.75, 3.05) is 13.7 Å². The molecule has 0 saturated heterocycles. The monoisotopic (exact) mass is 299 g/mol. The van der Waals surface area contributed by atoms with Gasteiger partial charge in [-0.1, -0.05) is 32.0 Å². The minimum absolute atomic E-state index is 0.0437. The van der Waals surface area contributed by atoms with Crippen LogP contribution >= 0.6 is 0 Å². The molecule has 112 valence electrons. The quantitative estimate of drug-likeness (QED) is 0.779. The largest absolute Gasteiger partial charge is 0.469 e. The molecule has 1 unspecified atom stereocenters. The zero-order chi connectivity index (χ0) is 15.2. The highest BCUT2D eigenvalue weighted by Crippen LogP contribution is 2.14. The molecule has 0 saturated carbocycles. The molecule has 0 spiro atoms. The molecule has 0 amide bonds. The molecule has 0 heterocycles. The Kier molecular flexibility index (Phi) is 6.16. The molecule has 20 heavy (non-hydrogen) atoms. The Morgan fingerprint density at radius 3 is 2.35 bits per heavy atom. The maximum Gasteiger partial charge on any atom is 0.309 e. The van der Waals surface area contributed by atoms with Gasteiger partial charge in [0, 0.05) is 6.54 Å². The summed E-state index contributed by atoms with van der Waals surface area (Å²) < 4.78 is 31.3. The number of hydrogen-bond donors (Lipinski definition) is 1. The third-order valence-electron chi connectivity index (χ3n) is 2.86. The molecule has 1 rings (SSSR count). The second-order valence-corrected chi connectivity index (χ2v) is 6.78. The van der Waals surface area contributed by atoms with Gasteiger partial charge in [-0.2, -0.15) is 0 Å². The lowest BCUT2D eigenvalue weighted by Crippen LogP contribution is -2.34. The van der Waals surface area contributed by atoms with E-state index >= 15 is 0 Å². The molecule has 0 aliphatic carbocycles. The number of benzene rings is 1. The maximum absolute atomic E-state index is 12.1. The standard InChI is InChI=1S/C14H21NO4S/c1-11(2)9-12(14(16)19-3)10-15-20(17,18)13-7-5-4-6-8-13/h4-8,11-12,15H,9-10H2,1-3H3. The summed E-state index contributed by atoms with van der Waals surface area (Å²) in [6.07, 6.45) is 0.573. The minimum Gasteiger partial charge on any atom is -0.469 e. The lowest BCUT2D eigenvalue weighted by Gasteiger charge is -2.17. The molecule has 0 radical (unpaired) electrons. The van der Waals surface area contributed by atoms with Crippen LogP contribution in [0.4, 0.5) is 0 Å². The highest BCUT2D eigenvalue weighted by Gasteiger charge is 2.23. The SMILES string of the molecule is COC(=O)C(CNS(=O)(=O)c1ccccc1)CC(C)C. The van der Waals surface area contributed by atoms with E-state index in [0.29, 0.717) is 6.42 Å². The molecule has 1 N–H and O–H groups in total. The Morgan fingerprint density at radius 1 is 1.25 bits per heavy atom. The van der Waals surface area contributed by atoms with Gasteiger partial charge >= 0.3 is 5.97 Å². The molecule has 5 nitrogen and oxygen atoms in total. The fourth-order valence-electron chi connectivity index (χ4n) is 1.89. The predicted molar refractivity (Wildman–Crippen MR) is 76.6 cm³/mol. The second kappa shape index (κ2) is 7.40. The highest BCUT2D eigenvalue weighted by molar-refractivity contribution is 7.89. The van der Waals surface area contributed by atoms with Gasteiger partial charge in [0.05, 0.1) is 17.9 Å². The van der Waals surface area contributed by atoms with E-state index in [-0.39, 0.29) is 17.4 Å². The lowest BCUT2D eigenvalue weighted by molar-refractivity contribution is -0.145. The number of sulfonamides is 1. The van der Waals surface area contributed by atoms with E-state index in [1.807, 2.05) is 13.8 Å². The van der Waals surface area contributed by atoms with Crippen molar-refractivity contribution in [3.05, 3.63) is 30.3 Å². The highest BCUT2D eigenvalue weighted by atomic mass is 32.2. The van der Waals surface area contributed by atoms with E-state index < -0.39 is 21.9 Å². The third-order valence-corrected chi connectivity index (χ3v) is 4.30. The summed E-state index contributed by atoms with van der Waals surface area (Å²) in [7, 11) is -2.28. The normalized spacial score (nSPS) is 13.2. The van der Waals surface area contributed by atoms with Gasteiger partial charge in [-0.25, -0.2) is 13.1 Å². The predicted octanol–water partition coefficient (Wildman–Crippen LogP) is 1.80. The second-order valence-electron chi connectivity index (χ2n) is 5.01. The van der Waals surface area contributed by atoms with Gasteiger partial charge < -0.3 is 4.74 Å². The first-order valence-corrected chi connectivity index (χ1v) is 7.97. The molecule has 1 aromatic rings. The van der Waals surface area contributed by atoms with Gasteiger partial charge in [0.25, 0.3) is 0 Å². The van der Waals surface area contributed by atoms with Gasteiger partial charge in [0.15, 0.2) is 0 Å². The van der Waals surface area contributed by atoms with Gasteiger partial charge in [0.1, 0.15) is 0 Å². The summed E-state index contributed by atoms with van der Waals surface area (Å²) >= 11 is 0. The first kappa shape index (κ1) is 16.7. The number of hydrogen-bond acceptors (Lipinski definition) is 4. The van der Waals surface area contributed by atoms with Gasteiger partial charge in [-0.15, -0.1) is 0 Å². The van der Waals surface area contributed by atoms with Crippen LogP contribution in [0.3, 0.4) is 0 Å². The first-order chi connectivity index (χ1) is 9.36. The number of methoxy groups -OCH3 is 1. The average molecular weight is 299 g/mol. The summed E-state index contributed by atoms with van der Waals surface area (Å²) in [6, 6.07) is 8.08. The number of carbonyl (C=O) groups is 1. The Labute approximate surface area is 120 Å². The Morgan fingerprint density at radius 2 is 1.85 bits per heavy atom. The number of carbonyl (C=O) groups excluding carboxylic acids is 1. The van der Waals surface area contributed by atoms with E-state index in [4.69, 9.17) is 4.74 Å². The van der Waals surface area contributed by atoms with Crippen molar-refractivity contribution in [2.24, 2.45) is 11.8 Å². The average Bonchev–Trinajstić information content (AvgIpc) is 2.43. The summed E-state index contributed by atoms with van der Waals surface area (Å²) in [5.74, 6) is -0.590. The summed E-state index contributed by atoms with van der Waals surface area (Å²) in [5, 5.41) is 0. The molecule has 1 atom stereocenters. The van der Waals surface area contributed by atoms with Crippen LogP contribution in [0.2, 0.25) is 0 Å². The van der Waals surface area contributed by atoms with Crippen molar-refractivity contribution >= 4 is 16.0 Å². The van der Waals surface area contributed by atoms with Crippen LogP contribution in [0.5, 0.6) is 0 Å². The molecule has 0 fully saturated rings. The molecular formula is C14H21NO4S. The minimum atomic E-state index is -3.59. The van der Waals surface area contributed by atoms with Crippen molar-refractivity contribution in [3.63, 3.8) is 0 Å². The van der Waals surface area contributed by atoms with E-state index in [9.17, 15) is 13.2 Å². The van der Waals surface area contributed by atoms with Crippen LogP contribution in [0.25, 0.3) is 0 Å². The molecule has 0 bridgehead atoms. The van der Waals surface area contributed by atoms with Crippen molar-refractivity contribution in [3.8, 4) is 0 Å². The number of nitrogens with one attached hydrogen (secondary N) is 1. The zero-order valence-electron chi connectivity index (χ0n) is 12.0. The van der Waals surface area contributed by atoms with E-state index in [0.717, 1.165) is 0 Å². The fourth-order valence-corrected chi connectivity index (χ4v) is 2.99. The first-order valence-electron chi connectivity index (χ1n) is 6.49. The summed E-state index contributed by atoms with van der Waals surface area (Å²) in [4.78, 5) is 11.8. The van der Waals surface area contributed by atoms with Crippen LogP contribution in [-0.4, -0.2) is 28.0 Å². The van der Waals surface area contributed by atoms with Crippen LogP contribution in [0, 0.1) is 11.8 Å². The van der Waals surface area contributed by atoms with Crippen LogP contribution in [-0.2, 0) is 19.6 Å². The van der Waals surface area contributed by atoms with Crippen LogP contribution < -0.4 is 4.72 Å². The van der Waals surface area contributed by atoms with Crippen molar-refractivity contribution in [1.82, 2.24) is 4.72 Å². The van der Waals surface area contributed by atoms with Crippen LogP contribution in [0.1, 0.15) is 20.3 Å². The fraction of sp³-hybridized carbons (Fsp3) is 0.500. The van der Waals surface area contributed by atoms with Gasteiger partial charge in [0.2, 0.25) is 10.0 Å². The summed E-state index contributed by atoms with van der Waals surface area (Å²) in [6.45, 7) is 3.99. The molecular weight excluding hydrogens is 278 g/mol. The molecule has 0 aromatic heterocycles. The van der Waals surface area contributed by atoms with E-state index in [2.05, 4.69) is 4.72 Å². The van der Waals surface area contributed by atoms with Crippen molar-refractivity contribution < 1.29 is 17.9 Å². The smallest absolute Gasteiger partial charge is 0.309 e. The Bertz CT molecular complexity index is 525. The van der Waals surface area contributed by atoms with Gasteiger partial charge in [-0.3, -0.25) is 4.79 Å². The third kappa shape index (κ3) is 4.94. The lowest BCUT2D eigenvalue weighted by atomic mass is 9.97. The van der Waals surface area contributed by atoms with Gasteiger partial charge in [-0.05, 0) is 24.5 Å².